The normalized spacial score (nSPS) is 15.5. The summed E-state index contributed by atoms with van der Waals surface area (Å²) in [5.74, 6) is -0.0706. The van der Waals surface area contributed by atoms with Crippen molar-refractivity contribution in [1.82, 2.24) is 14.5 Å². The van der Waals surface area contributed by atoms with Gasteiger partial charge in [0.25, 0.3) is 5.91 Å². The average molecular weight is 400 g/mol. The van der Waals surface area contributed by atoms with E-state index in [1.54, 1.807) is 12.1 Å². The maximum absolute atomic E-state index is 12.9. The number of nitrogens with zero attached hydrogens (tertiary/aromatic N) is 2. The van der Waals surface area contributed by atoms with Crippen LogP contribution >= 0.6 is 11.8 Å². The van der Waals surface area contributed by atoms with E-state index in [-0.39, 0.29) is 10.8 Å². The molecule has 0 atom stereocenters. The summed E-state index contributed by atoms with van der Waals surface area (Å²) in [6.07, 6.45) is 5.78. The Labute approximate surface area is 161 Å². The van der Waals surface area contributed by atoms with Crippen LogP contribution in [0.15, 0.2) is 28.0 Å². The van der Waals surface area contributed by atoms with E-state index in [2.05, 4.69) is 4.72 Å². The Balaban J connectivity index is 2.18. The number of thioether (sulfide) groups is 1. The van der Waals surface area contributed by atoms with Crippen molar-refractivity contribution in [1.29, 1.82) is 0 Å². The number of benzene rings is 1. The summed E-state index contributed by atoms with van der Waals surface area (Å²) in [6.45, 7) is 2.67. The second-order valence-corrected chi connectivity index (χ2v) is 9.38. The van der Waals surface area contributed by atoms with E-state index in [1.165, 1.54) is 17.8 Å². The highest BCUT2D eigenvalue weighted by atomic mass is 32.2. The molecular weight excluding hydrogens is 370 g/mol. The highest BCUT2D eigenvalue weighted by Crippen LogP contribution is 2.26. The average Bonchev–Trinajstić information content (AvgIpc) is 2.64. The molecule has 0 saturated carbocycles. The van der Waals surface area contributed by atoms with Crippen molar-refractivity contribution < 1.29 is 13.2 Å². The van der Waals surface area contributed by atoms with Crippen LogP contribution < -0.4 is 4.72 Å². The molecule has 1 fully saturated rings. The van der Waals surface area contributed by atoms with Gasteiger partial charge in [-0.2, -0.15) is 0 Å². The summed E-state index contributed by atoms with van der Waals surface area (Å²) >= 11 is 1.46. The minimum absolute atomic E-state index is 0.0706. The lowest BCUT2D eigenvalue weighted by atomic mass is 10.1. The second-order valence-electron chi connectivity index (χ2n) is 6.77. The molecule has 1 aliphatic heterocycles. The fraction of sp³-hybridized carbons (Fsp3) is 0.611. The van der Waals surface area contributed by atoms with E-state index in [1.807, 2.05) is 30.2 Å². The zero-order chi connectivity index (χ0) is 19.2. The van der Waals surface area contributed by atoms with Crippen LogP contribution in [0.1, 0.15) is 36.0 Å². The molecule has 0 spiro atoms. The van der Waals surface area contributed by atoms with Gasteiger partial charge in [-0.15, -0.1) is 11.8 Å². The van der Waals surface area contributed by atoms with Gasteiger partial charge in [0.05, 0.1) is 10.5 Å². The molecule has 1 aromatic rings. The predicted molar refractivity (Wildman–Crippen MR) is 106 cm³/mol. The first-order valence-electron chi connectivity index (χ1n) is 8.97. The molecule has 6 nitrogen and oxygen atoms in total. The van der Waals surface area contributed by atoms with Crippen LogP contribution in [0.4, 0.5) is 0 Å². The number of likely N-dealkylation sites (tertiary alicyclic amines) is 1. The number of amides is 1. The van der Waals surface area contributed by atoms with Crippen LogP contribution in [0, 0.1) is 0 Å². The minimum atomic E-state index is -3.62. The van der Waals surface area contributed by atoms with Crippen molar-refractivity contribution in [3.63, 3.8) is 0 Å². The molecular formula is C18H29N3O3S2. The van der Waals surface area contributed by atoms with Crippen LogP contribution in [0.3, 0.4) is 0 Å². The number of rotatable bonds is 8. The van der Waals surface area contributed by atoms with Gasteiger partial charge in [-0.1, -0.05) is 0 Å². The van der Waals surface area contributed by atoms with Crippen LogP contribution in [0.25, 0.3) is 0 Å². The van der Waals surface area contributed by atoms with Gasteiger partial charge >= 0.3 is 0 Å². The first kappa shape index (κ1) is 21.2. The Morgan fingerprint density at radius 1 is 1.23 bits per heavy atom. The summed E-state index contributed by atoms with van der Waals surface area (Å²) in [4.78, 5) is 17.7. The highest BCUT2D eigenvalue weighted by Gasteiger charge is 2.23. The number of carbonyl (C=O) groups is 1. The van der Waals surface area contributed by atoms with Crippen molar-refractivity contribution in [3.8, 4) is 0 Å². The molecule has 0 radical (unpaired) electrons. The number of hydrogen-bond acceptors (Lipinski definition) is 5. The summed E-state index contributed by atoms with van der Waals surface area (Å²) in [7, 11) is 0.287. The third-order valence-electron chi connectivity index (χ3n) is 4.43. The Morgan fingerprint density at radius 3 is 2.54 bits per heavy atom. The molecule has 0 unspecified atom stereocenters. The molecule has 1 saturated heterocycles. The standard InChI is InChI=1S/C18H29N3O3S2/c1-20(2)11-7-10-19-26(23,24)15-8-9-17(25-3)16(14-15)18(22)21-12-5-4-6-13-21/h8-9,14,19H,4-7,10-13H2,1-3H3. The van der Waals surface area contributed by atoms with Crippen molar-refractivity contribution in [3.05, 3.63) is 23.8 Å². The largest absolute Gasteiger partial charge is 0.339 e. The van der Waals surface area contributed by atoms with Crippen LogP contribution in [-0.4, -0.2) is 70.7 Å². The fourth-order valence-corrected chi connectivity index (χ4v) is 4.64. The smallest absolute Gasteiger partial charge is 0.255 e. The van der Waals surface area contributed by atoms with E-state index in [9.17, 15) is 13.2 Å². The Bertz CT molecular complexity index is 714. The number of hydrogen-bond donors (Lipinski definition) is 1. The predicted octanol–water partition coefficient (Wildman–Crippen LogP) is 2.26. The maximum Gasteiger partial charge on any atom is 0.255 e. The summed E-state index contributed by atoms with van der Waals surface area (Å²) in [6, 6.07) is 4.83. The number of carbonyl (C=O) groups excluding carboxylic acids is 1. The van der Waals surface area contributed by atoms with E-state index in [0.29, 0.717) is 12.1 Å². The van der Waals surface area contributed by atoms with Gasteiger partial charge in [-0.05, 0) is 70.8 Å². The third-order valence-corrected chi connectivity index (χ3v) is 6.68. The van der Waals surface area contributed by atoms with Crippen molar-refractivity contribution in [2.75, 3.05) is 46.5 Å². The zero-order valence-electron chi connectivity index (χ0n) is 15.8. The third kappa shape index (κ3) is 5.70. The lowest BCUT2D eigenvalue weighted by Crippen LogP contribution is -2.36. The topological polar surface area (TPSA) is 69.7 Å². The van der Waals surface area contributed by atoms with E-state index >= 15 is 0 Å². The maximum atomic E-state index is 12.9. The van der Waals surface area contributed by atoms with Gasteiger partial charge in [-0.25, -0.2) is 13.1 Å². The van der Waals surface area contributed by atoms with Gasteiger partial charge in [0.15, 0.2) is 0 Å². The molecule has 1 aromatic carbocycles. The SMILES string of the molecule is CSc1ccc(S(=O)(=O)NCCCN(C)C)cc1C(=O)N1CCCCC1. The van der Waals surface area contributed by atoms with Crippen molar-refractivity contribution >= 4 is 27.7 Å². The second kappa shape index (κ2) is 9.73. The molecule has 26 heavy (non-hydrogen) atoms. The molecule has 1 amide bonds. The van der Waals surface area contributed by atoms with E-state index in [4.69, 9.17) is 0 Å². The van der Waals surface area contributed by atoms with Crippen molar-refractivity contribution in [2.45, 2.75) is 35.5 Å². The molecule has 1 aliphatic rings. The first-order chi connectivity index (χ1) is 12.3. The molecule has 8 heteroatoms. The molecule has 146 valence electrons. The molecule has 0 bridgehead atoms. The summed E-state index contributed by atoms with van der Waals surface area (Å²) in [5.41, 5.74) is 0.482. The van der Waals surface area contributed by atoms with E-state index in [0.717, 1.165) is 50.2 Å². The minimum Gasteiger partial charge on any atom is -0.339 e. The Kier molecular flexibility index (Phi) is 7.94. The first-order valence-corrected chi connectivity index (χ1v) is 11.7. The van der Waals surface area contributed by atoms with Crippen LogP contribution in [-0.2, 0) is 10.0 Å². The van der Waals surface area contributed by atoms with E-state index < -0.39 is 10.0 Å². The van der Waals surface area contributed by atoms with Crippen molar-refractivity contribution in [2.24, 2.45) is 0 Å². The number of nitrogens with one attached hydrogen (secondary N) is 1. The lowest BCUT2D eigenvalue weighted by molar-refractivity contribution is 0.0720. The molecule has 2 rings (SSSR count). The van der Waals surface area contributed by atoms with Gasteiger partial charge in [0.1, 0.15) is 0 Å². The molecule has 1 heterocycles. The van der Waals surface area contributed by atoms with Crippen LogP contribution in [0.5, 0.6) is 0 Å². The molecule has 0 aliphatic carbocycles. The van der Waals surface area contributed by atoms with Gasteiger partial charge < -0.3 is 9.80 Å². The Hall–Kier alpha value is -1.09. The van der Waals surface area contributed by atoms with Gasteiger partial charge in [0.2, 0.25) is 10.0 Å². The summed E-state index contributed by atoms with van der Waals surface area (Å²) < 4.78 is 27.8. The fourth-order valence-electron chi connectivity index (χ4n) is 2.97. The monoisotopic (exact) mass is 399 g/mol. The number of piperidine rings is 1. The van der Waals surface area contributed by atoms with Gasteiger partial charge in [-0.3, -0.25) is 4.79 Å². The number of sulfonamides is 1. The Morgan fingerprint density at radius 2 is 1.92 bits per heavy atom. The molecule has 0 aromatic heterocycles. The summed E-state index contributed by atoms with van der Waals surface area (Å²) in [5, 5.41) is 0. The van der Waals surface area contributed by atoms with Crippen LogP contribution in [0.2, 0.25) is 0 Å². The van der Waals surface area contributed by atoms with Gasteiger partial charge in [0, 0.05) is 24.5 Å². The zero-order valence-corrected chi connectivity index (χ0v) is 17.5. The quantitative estimate of drug-likeness (QED) is 0.536. The highest BCUT2D eigenvalue weighted by molar-refractivity contribution is 7.98. The lowest BCUT2D eigenvalue weighted by Gasteiger charge is -2.27. The molecule has 1 N–H and O–H groups in total.